The molecule has 2 N–H and O–H groups in total. The number of aliphatic hydroxyl groups is 2. The zero-order valence-corrected chi connectivity index (χ0v) is 17.4. The maximum absolute atomic E-state index is 9.56. The molecular weight excluding hydrogens is 407 g/mol. The summed E-state index contributed by atoms with van der Waals surface area (Å²) in [7, 11) is 0. The molecule has 7 heteroatoms. The minimum absolute atomic E-state index is 0.109. The van der Waals surface area contributed by atoms with Crippen molar-refractivity contribution in [3.63, 3.8) is 0 Å². The Morgan fingerprint density at radius 2 is 1.37 bits per heavy atom. The molecule has 3 atom stereocenters. The summed E-state index contributed by atoms with van der Waals surface area (Å²) < 4.78 is 11.3. The summed E-state index contributed by atoms with van der Waals surface area (Å²) in [6.45, 7) is 2.09. The van der Waals surface area contributed by atoms with Crippen LogP contribution in [0.1, 0.15) is 13.3 Å². The highest BCUT2D eigenvalue weighted by molar-refractivity contribution is 7.99. The average molecular weight is 431 g/mol. The van der Waals surface area contributed by atoms with Gasteiger partial charge >= 0.3 is 0 Å². The first-order chi connectivity index (χ1) is 13.0. The summed E-state index contributed by atoms with van der Waals surface area (Å²) in [5.41, 5.74) is 0. The number of benzene rings is 2. The second-order valence-electron chi connectivity index (χ2n) is 6.14. The van der Waals surface area contributed by atoms with Gasteiger partial charge in [0.1, 0.15) is 24.2 Å². The summed E-state index contributed by atoms with van der Waals surface area (Å²) in [6, 6.07) is 15.5. The van der Waals surface area contributed by atoms with Crippen LogP contribution in [0, 0.1) is 0 Å². The Hall–Kier alpha value is -1.11. The fourth-order valence-electron chi connectivity index (χ4n) is 2.29. The molecule has 0 aromatic heterocycles. The van der Waals surface area contributed by atoms with Crippen molar-refractivity contribution in [1.82, 2.24) is 0 Å². The van der Waals surface area contributed by atoms with Crippen LogP contribution < -0.4 is 9.47 Å². The number of ether oxygens (including phenoxy) is 2. The number of halogens is 2. The molecule has 0 aliphatic carbocycles. The summed E-state index contributed by atoms with van der Waals surface area (Å²) in [5.74, 6) is 1.82. The van der Waals surface area contributed by atoms with Gasteiger partial charge in [0.25, 0.3) is 0 Å². The van der Waals surface area contributed by atoms with Gasteiger partial charge in [0.2, 0.25) is 0 Å². The highest BCUT2D eigenvalue weighted by atomic mass is 35.5. The zero-order chi connectivity index (χ0) is 19.6. The molecule has 2 aromatic rings. The van der Waals surface area contributed by atoms with E-state index in [9.17, 15) is 10.2 Å². The lowest BCUT2D eigenvalue weighted by atomic mass is 10.2. The van der Waals surface area contributed by atoms with Crippen LogP contribution in [0.2, 0.25) is 0 Å². The Morgan fingerprint density at radius 1 is 0.852 bits per heavy atom. The summed E-state index contributed by atoms with van der Waals surface area (Å²) in [5, 5.41) is 19.0. The first-order valence-electron chi connectivity index (χ1n) is 8.65. The van der Waals surface area contributed by atoms with Crippen molar-refractivity contribution in [2.24, 2.45) is 0 Å². The van der Waals surface area contributed by atoms with Gasteiger partial charge in [0.05, 0.1) is 18.1 Å². The minimum Gasteiger partial charge on any atom is -0.491 e. The van der Waals surface area contributed by atoms with E-state index in [-0.39, 0.29) is 24.5 Å². The van der Waals surface area contributed by atoms with Gasteiger partial charge in [-0.1, -0.05) is 11.8 Å². The molecular formula is C20H24Cl2O4S. The third-order valence-electron chi connectivity index (χ3n) is 3.62. The van der Waals surface area contributed by atoms with E-state index in [0.717, 1.165) is 15.5 Å². The molecule has 0 radical (unpaired) electrons. The number of hydrogen-bond donors (Lipinski definition) is 2. The smallest absolute Gasteiger partial charge is 0.119 e. The van der Waals surface area contributed by atoms with Crippen molar-refractivity contribution in [3.8, 4) is 11.5 Å². The molecule has 0 amide bonds. The topological polar surface area (TPSA) is 58.9 Å². The molecule has 0 bridgehead atoms. The fraction of sp³-hybridized carbons (Fsp3) is 0.400. The van der Waals surface area contributed by atoms with E-state index in [4.69, 9.17) is 32.7 Å². The molecule has 0 saturated heterocycles. The van der Waals surface area contributed by atoms with Crippen molar-refractivity contribution in [2.75, 3.05) is 18.4 Å². The molecule has 4 nitrogen and oxygen atoms in total. The van der Waals surface area contributed by atoms with E-state index in [2.05, 4.69) is 0 Å². The third kappa shape index (κ3) is 8.20. The quantitative estimate of drug-likeness (QED) is 0.511. The van der Waals surface area contributed by atoms with Crippen molar-refractivity contribution in [1.29, 1.82) is 0 Å². The Kier molecular flexibility index (Phi) is 9.59. The minimum atomic E-state index is -0.664. The van der Waals surface area contributed by atoms with Crippen LogP contribution in [-0.4, -0.2) is 46.9 Å². The molecule has 148 valence electrons. The molecule has 0 aliphatic rings. The average Bonchev–Trinajstić information content (AvgIpc) is 2.68. The molecule has 0 aliphatic heterocycles. The summed E-state index contributed by atoms with van der Waals surface area (Å²) in [6.07, 6.45) is -0.831. The van der Waals surface area contributed by atoms with Crippen molar-refractivity contribution in [2.45, 2.75) is 41.4 Å². The summed E-state index contributed by atoms with van der Waals surface area (Å²) in [4.78, 5) is 2.16. The van der Waals surface area contributed by atoms with Crippen LogP contribution in [0.25, 0.3) is 0 Å². The van der Waals surface area contributed by atoms with Gasteiger partial charge in [-0.2, -0.15) is 0 Å². The van der Waals surface area contributed by atoms with Crippen LogP contribution in [-0.2, 0) is 0 Å². The standard InChI is InChI=1S/C20H24Cl2O4S/c1-14(10-15(23)11-21)26-18-4-8-20(9-5-18)27-19-6-2-17(3-7-19)25-13-16(24)12-22/h2-9,14-16,23-24H,10-13H2,1H3. The lowest BCUT2D eigenvalue weighted by molar-refractivity contribution is 0.117. The normalized spacial score (nSPS) is 14.4. The van der Waals surface area contributed by atoms with Crippen molar-refractivity contribution >= 4 is 35.0 Å². The first-order valence-corrected chi connectivity index (χ1v) is 10.5. The Balaban J connectivity index is 1.85. The molecule has 0 saturated carbocycles. The van der Waals surface area contributed by atoms with Gasteiger partial charge in [-0.3, -0.25) is 0 Å². The molecule has 0 spiro atoms. The maximum Gasteiger partial charge on any atom is 0.119 e. The molecule has 2 aromatic carbocycles. The van der Waals surface area contributed by atoms with Gasteiger partial charge in [-0.05, 0) is 55.5 Å². The highest BCUT2D eigenvalue weighted by Gasteiger charge is 2.11. The Labute approximate surface area is 174 Å². The lowest BCUT2D eigenvalue weighted by Crippen LogP contribution is -2.21. The van der Waals surface area contributed by atoms with Gasteiger partial charge in [-0.15, -0.1) is 23.2 Å². The number of hydrogen-bond acceptors (Lipinski definition) is 5. The van der Waals surface area contributed by atoms with E-state index in [1.165, 1.54) is 0 Å². The zero-order valence-electron chi connectivity index (χ0n) is 15.1. The van der Waals surface area contributed by atoms with E-state index in [1.54, 1.807) is 11.8 Å². The SMILES string of the molecule is CC(CC(O)CCl)Oc1ccc(Sc2ccc(OCC(O)CCl)cc2)cc1. The van der Waals surface area contributed by atoms with Gasteiger partial charge in [0, 0.05) is 22.1 Å². The van der Waals surface area contributed by atoms with E-state index < -0.39 is 12.2 Å². The Bertz CT molecular complexity index is 667. The molecule has 2 rings (SSSR count). The second-order valence-corrected chi connectivity index (χ2v) is 7.90. The Morgan fingerprint density at radius 3 is 1.89 bits per heavy atom. The van der Waals surface area contributed by atoms with Crippen LogP contribution in [0.15, 0.2) is 58.3 Å². The number of aliphatic hydroxyl groups excluding tert-OH is 2. The predicted octanol–water partition coefficient (Wildman–Crippen LogP) is 4.57. The van der Waals surface area contributed by atoms with Gasteiger partial charge in [-0.25, -0.2) is 0 Å². The van der Waals surface area contributed by atoms with Crippen LogP contribution in [0.3, 0.4) is 0 Å². The van der Waals surface area contributed by atoms with Gasteiger partial charge < -0.3 is 19.7 Å². The third-order valence-corrected chi connectivity index (χ3v) is 5.35. The van der Waals surface area contributed by atoms with Crippen LogP contribution in [0.4, 0.5) is 0 Å². The maximum atomic E-state index is 9.56. The second kappa shape index (κ2) is 11.7. The van der Waals surface area contributed by atoms with Gasteiger partial charge in [0.15, 0.2) is 0 Å². The van der Waals surface area contributed by atoms with Crippen LogP contribution >= 0.6 is 35.0 Å². The predicted molar refractivity (Wildman–Crippen MR) is 111 cm³/mol. The van der Waals surface area contributed by atoms with E-state index in [0.29, 0.717) is 12.2 Å². The number of rotatable bonds is 11. The van der Waals surface area contributed by atoms with Crippen molar-refractivity contribution < 1.29 is 19.7 Å². The van der Waals surface area contributed by atoms with Crippen LogP contribution in [0.5, 0.6) is 11.5 Å². The first kappa shape index (κ1) is 22.2. The van der Waals surface area contributed by atoms with Crippen molar-refractivity contribution in [3.05, 3.63) is 48.5 Å². The number of alkyl halides is 2. The monoisotopic (exact) mass is 430 g/mol. The molecule has 0 heterocycles. The molecule has 3 unspecified atom stereocenters. The highest BCUT2D eigenvalue weighted by Crippen LogP contribution is 2.30. The summed E-state index contributed by atoms with van der Waals surface area (Å²) >= 11 is 12.8. The lowest BCUT2D eigenvalue weighted by Gasteiger charge is -2.17. The largest absolute Gasteiger partial charge is 0.491 e. The van der Waals surface area contributed by atoms with E-state index in [1.807, 2.05) is 55.5 Å². The molecule has 0 fully saturated rings. The van der Waals surface area contributed by atoms with E-state index >= 15 is 0 Å². The molecule has 27 heavy (non-hydrogen) atoms. The fourth-order valence-corrected chi connectivity index (χ4v) is 3.32.